The molecule has 6 aliphatic rings. The number of rotatable bonds is 11. The fraction of sp³-hybridized carbons (Fsp3) is 0.625. The number of hydrogen-bond donors (Lipinski definition) is 0. The number of nitro groups is 1. The highest BCUT2D eigenvalue weighted by molar-refractivity contribution is 6.09. The molecule has 9 atom stereocenters. The van der Waals surface area contributed by atoms with Gasteiger partial charge in [-0.1, -0.05) is 12.1 Å². The van der Waals surface area contributed by atoms with Gasteiger partial charge in [0.1, 0.15) is 6.04 Å². The van der Waals surface area contributed by atoms with Crippen LogP contribution in [0.5, 0.6) is 0 Å². The van der Waals surface area contributed by atoms with Crippen molar-refractivity contribution in [2.24, 2.45) is 47.3 Å². The van der Waals surface area contributed by atoms with E-state index in [0.29, 0.717) is 12.8 Å². The first kappa shape index (κ1) is 28.8. The van der Waals surface area contributed by atoms with Gasteiger partial charge in [-0.05, 0) is 81.5 Å². The van der Waals surface area contributed by atoms with E-state index in [2.05, 4.69) is 0 Å². The van der Waals surface area contributed by atoms with Crippen LogP contribution in [0.3, 0.4) is 0 Å². The lowest BCUT2D eigenvalue weighted by Gasteiger charge is -2.26. The maximum absolute atomic E-state index is 13.6. The van der Waals surface area contributed by atoms with Gasteiger partial charge in [0.15, 0.2) is 6.61 Å². The Morgan fingerprint density at radius 3 is 1.93 bits per heavy atom. The molecule has 4 aliphatic carbocycles. The van der Waals surface area contributed by atoms with Crippen molar-refractivity contribution in [3.8, 4) is 0 Å². The predicted molar refractivity (Wildman–Crippen MR) is 150 cm³/mol. The number of imide groups is 2. The minimum Gasteiger partial charge on any atom is -0.456 e. The molecule has 0 radical (unpaired) electrons. The number of ketones is 1. The number of unbranched alkanes of at least 4 members (excludes halogenated alkanes) is 1. The molecule has 0 unspecified atom stereocenters. The van der Waals surface area contributed by atoms with Crippen molar-refractivity contribution in [2.45, 2.75) is 63.8 Å². The highest BCUT2D eigenvalue weighted by Crippen LogP contribution is 2.57. The van der Waals surface area contributed by atoms with Gasteiger partial charge >= 0.3 is 5.97 Å². The van der Waals surface area contributed by atoms with Crippen molar-refractivity contribution < 1.29 is 38.4 Å². The molecule has 1 aromatic carbocycles. The number of carbonyl (C=O) groups is 6. The summed E-state index contributed by atoms with van der Waals surface area (Å²) in [5.41, 5.74) is -0.276. The van der Waals surface area contributed by atoms with Gasteiger partial charge in [-0.25, -0.2) is 4.79 Å². The summed E-state index contributed by atoms with van der Waals surface area (Å²) in [6, 6.07) is 3.84. The van der Waals surface area contributed by atoms with Gasteiger partial charge in [0, 0.05) is 24.2 Å². The van der Waals surface area contributed by atoms with Gasteiger partial charge < -0.3 is 4.74 Å². The number of Topliss-reactive ketones (excluding diaryl/α,β-unsaturated/α-hetero) is 1. The first-order valence-electron chi connectivity index (χ1n) is 15.8. The Morgan fingerprint density at radius 1 is 0.841 bits per heavy atom. The maximum Gasteiger partial charge on any atom is 0.329 e. The van der Waals surface area contributed by atoms with Crippen LogP contribution in [0.1, 0.15) is 68.1 Å². The van der Waals surface area contributed by atoms with E-state index in [9.17, 15) is 38.9 Å². The van der Waals surface area contributed by atoms with E-state index >= 15 is 0 Å². The van der Waals surface area contributed by atoms with Crippen molar-refractivity contribution in [1.29, 1.82) is 0 Å². The number of fused-ring (bicyclic) bond motifs is 10. The van der Waals surface area contributed by atoms with Crippen LogP contribution < -0.4 is 0 Å². The van der Waals surface area contributed by atoms with E-state index in [1.807, 2.05) is 0 Å². The number of ether oxygens (including phenoxy) is 1. The highest BCUT2D eigenvalue weighted by Gasteiger charge is 2.63. The molecule has 6 fully saturated rings. The molecular formula is C32H35N3O9. The summed E-state index contributed by atoms with van der Waals surface area (Å²) < 4.78 is 5.34. The van der Waals surface area contributed by atoms with Gasteiger partial charge in [-0.15, -0.1) is 0 Å². The number of likely N-dealkylation sites (tertiary alicyclic amines) is 2. The second-order valence-electron chi connectivity index (χ2n) is 13.5. The summed E-state index contributed by atoms with van der Waals surface area (Å²) in [5.74, 6) is -2.93. The molecule has 232 valence electrons. The standard InChI is InChI=1S/C32H35N3O9/c36-23(16-4-3-5-21(14-16)35(42)43)15-44-32(41)22(34-30(39)26-19-9-10-20(13-19)27(26)31(34)40)6-1-2-11-33-28(37)24-17-7-8-18(12-17)25(24)29(33)38/h3-5,14,17-20,22,24-27H,1-2,6-13,15H2/t17-,18+,19-,20+,22-,24+,25+,26-,27+/m1/s1. The molecule has 7 rings (SSSR count). The monoisotopic (exact) mass is 605 g/mol. The third-order valence-corrected chi connectivity index (χ3v) is 11.4. The number of carbonyl (C=O) groups excluding carboxylic acids is 6. The lowest BCUT2D eigenvalue weighted by molar-refractivity contribution is -0.384. The summed E-state index contributed by atoms with van der Waals surface area (Å²) >= 11 is 0. The molecule has 0 spiro atoms. The van der Waals surface area contributed by atoms with Crippen molar-refractivity contribution in [1.82, 2.24) is 9.80 Å². The van der Waals surface area contributed by atoms with E-state index in [4.69, 9.17) is 4.74 Å². The molecule has 4 bridgehead atoms. The summed E-state index contributed by atoms with van der Waals surface area (Å²) in [6.07, 6.45) is 6.37. The minimum absolute atomic E-state index is 0.00105. The molecule has 1 aromatic rings. The van der Waals surface area contributed by atoms with Crippen LogP contribution in [-0.2, 0) is 28.7 Å². The number of amides is 4. The molecule has 44 heavy (non-hydrogen) atoms. The van der Waals surface area contributed by atoms with Gasteiger partial charge in [0.2, 0.25) is 29.4 Å². The summed E-state index contributed by atoms with van der Waals surface area (Å²) in [6.45, 7) is -0.485. The zero-order chi connectivity index (χ0) is 30.9. The van der Waals surface area contributed by atoms with Crippen molar-refractivity contribution in [3.63, 3.8) is 0 Å². The Kier molecular flexibility index (Phi) is 7.12. The summed E-state index contributed by atoms with van der Waals surface area (Å²) in [4.78, 5) is 92.4. The van der Waals surface area contributed by atoms with Gasteiger partial charge in [-0.3, -0.25) is 43.9 Å². The normalized spacial score (nSPS) is 33.7. The third-order valence-electron chi connectivity index (χ3n) is 11.4. The first-order chi connectivity index (χ1) is 21.2. The Bertz CT molecular complexity index is 1420. The van der Waals surface area contributed by atoms with Gasteiger partial charge in [-0.2, -0.15) is 0 Å². The predicted octanol–water partition coefficient (Wildman–Crippen LogP) is 2.92. The SMILES string of the molecule is O=C(COC(=O)[C@@H](CCCCN1C(=O)[C@H]2[C@@H]3CC[C@@H](C3)[C@@H]2C1=O)N1C(=O)[C@@H]2[C@@H]3CC[C@@H](C3)[C@@H]2C1=O)c1cccc([N+](=O)[O-])c1. The zero-order valence-electron chi connectivity index (χ0n) is 24.3. The zero-order valence-corrected chi connectivity index (χ0v) is 24.3. The van der Waals surface area contributed by atoms with Crippen LogP contribution in [-0.4, -0.2) is 69.3 Å². The van der Waals surface area contributed by atoms with Gasteiger partial charge in [0.25, 0.3) is 5.69 Å². The van der Waals surface area contributed by atoms with E-state index in [1.165, 1.54) is 23.1 Å². The number of benzene rings is 1. The molecule has 0 N–H and O–H groups in total. The van der Waals surface area contributed by atoms with Crippen molar-refractivity contribution in [2.75, 3.05) is 13.2 Å². The number of nitrogens with zero attached hydrogens (tertiary/aromatic N) is 3. The molecule has 0 aromatic heterocycles. The van der Waals surface area contributed by atoms with Gasteiger partial charge in [0.05, 0.1) is 28.6 Å². The number of esters is 1. The van der Waals surface area contributed by atoms with Crippen LogP contribution in [0.15, 0.2) is 24.3 Å². The Morgan fingerprint density at radius 2 is 1.39 bits per heavy atom. The van der Waals surface area contributed by atoms with Crippen molar-refractivity contribution in [3.05, 3.63) is 39.9 Å². The molecular weight excluding hydrogens is 570 g/mol. The highest BCUT2D eigenvalue weighted by atomic mass is 16.6. The smallest absolute Gasteiger partial charge is 0.329 e. The Labute approximate surface area is 253 Å². The number of non-ortho nitro benzene ring substituents is 1. The number of nitro benzene ring substituents is 1. The lowest BCUT2D eigenvalue weighted by atomic mass is 9.81. The molecule has 4 saturated carbocycles. The molecule has 12 nitrogen and oxygen atoms in total. The quantitative estimate of drug-likeness (QED) is 0.0922. The largest absolute Gasteiger partial charge is 0.456 e. The number of hydrogen-bond acceptors (Lipinski definition) is 9. The minimum atomic E-state index is -1.24. The third kappa shape index (κ3) is 4.47. The summed E-state index contributed by atoms with van der Waals surface area (Å²) in [7, 11) is 0. The van der Waals surface area contributed by atoms with E-state index in [-0.39, 0.29) is 83.4 Å². The second kappa shape index (κ2) is 10.9. The van der Waals surface area contributed by atoms with Crippen molar-refractivity contribution >= 4 is 41.1 Å². The maximum atomic E-state index is 13.6. The molecule has 2 heterocycles. The average molecular weight is 606 g/mol. The summed E-state index contributed by atoms with van der Waals surface area (Å²) in [5, 5.41) is 11.1. The molecule has 12 heteroatoms. The van der Waals surface area contributed by atoms with E-state index in [0.717, 1.165) is 49.5 Å². The lowest BCUT2D eigenvalue weighted by Crippen LogP contribution is -2.47. The van der Waals surface area contributed by atoms with Crippen LogP contribution in [0.2, 0.25) is 0 Å². The van der Waals surface area contributed by atoms with Crippen LogP contribution in [0.25, 0.3) is 0 Å². The molecule has 2 saturated heterocycles. The fourth-order valence-corrected chi connectivity index (χ4v) is 9.50. The first-order valence-corrected chi connectivity index (χ1v) is 15.8. The molecule has 4 amide bonds. The Hall–Kier alpha value is -3.96. The second-order valence-corrected chi connectivity index (χ2v) is 13.5. The van der Waals surface area contributed by atoms with E-state index in [1.54, 1.807) is 0 Å². The van der Waals surface area contributed by atoms with Crippen LogP contribution >= 0.6 is 0 Å². The van der Waals surface area contributed by atoms with Crippen LogP contribution in [0.4, 0.5) is 5.69 Å². The molecule has 2 aliphatic heterocycles. The van der Waals surface area contributed by atoms with Crippen LogP contribution in [0, 0.1) is 57.5 Å². The van der Waals surface area contributed by atoms with E-state index < -0.39 is 41.2 Å². The fourth-order valence-electron chi connectivity index (χ4n) is 9.50. The average Bonchev–Trinajstić information content (AvgIpc) is 3.87. The Balaban J connectivity index is 1.02. The topological polar surface area (TPSA) is 161 Å².